The first-order chi connectivity index (χ1) is 14.6. The van der Waals surface area contributed by atoms with E-state index in [0.29, 0.717) is 9.99 Å². The molecule has 0 saturated carbocycles. The minimum atomic E-state index is -4.45. The number of sulfonamides is 1. The van der Waals surface area contributed by atoms with Gasteiger partial charge in [-0.25, -0.2) is 12.7 Å². The van der Waals surface area contributed by atoms with Crippen molar-refractivity contribution in [2.45, 2.75) is 11.1 Å². The standard InChI is InChI=1S/C20H18F3N3O4S/c21-20(22,23)14-4-3-5-15(12-14)24-8-10-25(11-9-24)18(27)13-26-19(28)16-6-1-2-7-17(16)31(26,29)30/h1-7,12H,8-11,13H2. The topological polar surface area (TPSA) is 78.0 Å². The Kier molecular flexibility index (Phi) is 5.16. The SMILES string of the molecule is O=C(CN1C(=O)c2ccccc2S1(=O)=O)N1CCN(c2cccc(C(F)(F)F)c2)CC1. The maximum atomic E-state index is 12.9. The fraction of sp³-hybridized carbons (Fsp3) is 0.300. The zero-order chi connectivity index (χ0) is 22.4. The normalized spacial score (nSPS) is 18.3. The Hall–Kier alpha value is -3.08. The van der Waals surface area contributed by atoms with E-state index in [4.69, 9.17) is 0 Å². The largest absolute Gasteiger partial charge is 0.416 e. The molecule has 0 spiro atoms. The highest BCUT2D eigenvalue weighted by Crippen LogP contribution is 2.32. The van der Waals surface area contributed by atoms with Crippen molar-refractivity contribution in [3.8, 4) is 0 Å². The van der Waals surface area contributed by atoms with Crippen molar-refractivity contribution in [2.75, 3.05) is 37.6 Å². The van der Waals surface area contributed by atoms with Gasteiger partial charge in [0.15, 0.2) is 0 Å². The van der Waals surface area contributed by atoms with Crippen LogP contribution in [0.5, 0.6) is 0 Å². The number of halogens is 3. The molecule has 0 aromatic heterocycles. The Morgan fingerprint density at radius 1 is 0.968 bits per heavy atom. The van der Waals surface area contributed by atoms with Gasteiger partial charge < -0.3 is 9.80 Å². The fourth-order valence-electron chi connectivity index (χ4n) is 3.70. The summed E-state index contributed by atoms with van der Waals surface area (Å²) in [6, 6.07) is 10.7. The number of anilines is 1. The van der Waals surface area contributed by atoms with Crippen molar-refractivity contribution in [2.24, 2.45) is 0 Å². The summed E-state index contributed by atoms with van der Waals surface area (Å²) >= 11 is 0. The van der Waals surface area contributed by atoms with Gasteiger partial charge in [0.2, 0.25) is 5.91 Å². The van der Waals surface area contributed by atoms with Crippen LogP contribution in [0.3, 0.4) is 0 Å². The van der Waals surface area contributed by atoms with Crippen LogP contribution >= 0.6 is 0 Å². The fourth-order valence-corrected chi connectivity index (χ4v) is 5.22. The van der Waals surface area contributed by atoms with Crippen LogP contribution in [-0.4, -0.2) is 62.2 Å². The summed E-state index contributed by atoms with van der Waals surface area (Å²) in [5.41, 5.74) is -0.319. The lowest BCUT2D eigenvalue weighted by molar-refractivity contribution is -0.137. The van der Waals surface area contributed by atoms with E-state index >= 15 is 0 Å². The molecule has 0 atom stereocenters. The molecule has 1 fully saturated rings. The number of hydrogen-bond acceptors (Lipinski definition) is 5. The van der Waals surface area contributed by atoms with Crippen LogP contribution in [0, 0.1) is 0 Å². The second-order valence-electron chi connectivity index (χ2n) is 7.23. The highest BCUT2D eigenvalue weighted by molar-refractivity contribution is 7.90. The Morgan fingerprint density at radius 2 is 1.65 bits per heavy atom. The predicted molar refractivity (Wildman–Crippen MR) is 105 cm³/mol. The van der Waals surface area contributed by atoms with E-state index < -0.39 is 40.1 Å². The van der Waals surface area contributed by atoms with E-state index in [0.717, 1.165) is 12.1 Å². The number of rotatable bonds is 3. The van der Waals surface area contributed by atoms with Gasteiger partial charge in [-0.2, -0.15) is 13.2 Å². The van der Waals surface area contributed by atoms with Crippen LogP contribution in [0.25, 0.3) is 0 Å². The first-order valence-corrected chi connectivity index (χ1v) is 10.9. The summed E-state index contributed by atoms with van der Waals surface area (Å²) in [7, 11) is -4.08. The molecule has 2 heterocycles. The van der Waals surface area contributed by atoms with Gasteiger partial charge in [-0.15, -0.1) is 0 Å². The summed E-state index contributed by atoms with van der Waals surface area (Å²) in [6.07, 6.45) is -4.45. The van der Waals surface area contributed by atoms with E-state index in [1.54, 1.807) is 17.0 Å². The van der Waals surface area contributed by atoms with E-state index in [9.17, 15) is 31.2 Å². The zero-order valence-corrected chi connectivity index (χ0v) is 17.0. The molecule has 2 aliphatic rings. The molecule has 2 aromatic rings. The number of alkyl halides is 3. The molecule has 1 saturated heterocycles. The van der Waals surface area contributed by atoms with Gasteiger partial charge in [0.25, 0.3) is 15.9 Å². The smallest absolute Gasteiger partial charge is 0.368 e. The third-order valence-electron chi connectivity index (χ3n) is 5.36. The minimum absolute atomic E-state index is 0.0321. The monoisotopic (exact) mass is 453 g/mol. The molecule has 31 heavy (non-hydrogen) atoms. The van der Waals surface area contributed by atoms with Crippen LogP contribution in [0.1, 0.15) is 15.9 Å². The minimum Gasteiger partial charge on any atom is -0.368 e. The number of fused-ring (bicyclic) bond motifs is 1. The lowest BCUT2D eigenvalue weighted by atomic mass is 10.1. The molecule has 0 aliphatic carbocycles. The van der Waals surface area contributed by atoms with Crippen molar-refractivity contribution in [3.63, 3.8) is 0 Å². The number of benzene rings is 2. The highest BCUT2D eigenvalue weighted by Gasteiger charge is 2.42. The molecule has 2 aromatic carbocycles. The molecule has 2 aliphatic heterocycles. The average molecular weight is 453 g/mol. The van der Waals surface area contributed by atoms with E-state index in [2.05, 4.69) is 0 Å². The maximum Gasteiger partial charge on any atom is 0.416 e. The van der Waals surface area contributed by atoms with Crippen molar-refractivity contribution in [3.05, 3.63) is 59.7 Å². The number of amides is 2. The maximum absolute atomic E-state index is 12.9. The van der Waals surface area contributed by atoms with Gasteiger partial charge in [-0.1, -0.05) is 18.2 Å². The Morgan fingerprint density at radius 3 is 2.29 bits per heavy atom. The van der Waals surface area contributed by atoms with Crippen LogP contribution in [0.2, 0.25) is 0 Å². The summed E-state index contributed by atoms with van der Waals surface area (Å²) in [5, 5.41) is 0. The van der Waals surface area contributed by atoms with Crippen LogP contribution < -0.4 is 4.90 Å². The summed E-state index contributed by atoms with van der Waals surface area (Å²) in [5.74, 6) is -1.28. The molecular weight excluding hydrogens is 435 g/mol. The molecule has 0 radical (unpaired) electrons. The van der Waals surface area contributed by atoms with E-state index in [-0.39, 0.29) is 36.6 Å². The zero-order valence-electron chi connectivity index (χ0n) is 16.2. The second kappa shape index (κ2) is 7.56. The Balaban J connectivity index is 1.41. The van der Waals surface area contributed by atoms with Crippen LogP contribution in [0.4, 0.5) is 18.9 Å². The first kappa shape index (κ1) is 21.2. The number of carbonyl (C=O) groups excluding carboxylic acids is 2. The third-order valence-corrected chi connectivity index (χ3v) is 7.15. The lowest BCUT2D eigenvalue weighted by Gasteiger charge is -2.36. The van der Waals surface area contributed by atoms with Gasteiger partial charge in [0, 0.05) is 31.9 Å². The molecule has 11 heteroatoms. The van der Waals surface area contributed by atoms with Gasteiger partial charge in [0.1, 0.15) is 11.4 Å². The molecule has 0 bridgehead atoms. The van der Waals surface area contributed by atoms with E-state index in [1.165, 1.54) is 29.2 Å². The van der Waals surface area contributed by atoms with Gasteiger partial charge in [-0.05, 0) is 30.3 Å². The molecule has 2 amide bonds. The molecule has 164 valence electrons. The molecule has 4 rings (SSSR count). The van der Waals surface area contributed by atoms with Crippen molar-refractivity contribution < 1.29 is 31.2 Å². The van der Waals surface area contributed by atoms with E-state index in [1.807, 2.05) is 0 Å². The van der Waals surface area contributed by atoms with Crippen LogP contribution in [-0.2, 0) is 21.0 Å². The van der Waals surface area contributed by atoms with Gasteiger partial charge in [0.05, 0.1) is 11.1 Å². The third kappa shape index (κ3) is 3.85. The molecule has 0 N–H and O–H groups in total. The average Bonchev–Trinajstić information content (AvgIpc) is 2.94. The second-order valence-corrected chi connectivity index (χ2v) is 9.06. The number of nitrogens with zero attached hydrogens (tertiary/aromatic N) is 3. The Bertz CT molecular complexity index is 1140. The summed E-state index contributed by atoms with van der Waals surface area (Å²) < 4.78 is 64.6. The molecular formula is C20H18F3N3O4S. The van der Waals surface area contributed by atoms with Gasteiger partial charge in [-0.3, -0.25) is 9.59 Å². The quantitative estimate of drug-likeness (QED) is 0.712. The van der Waals surface area contributed by atoms with Crippen LogP contribution in [0.15, 0.2) is 53.4 Å². The number of hydrogen-bond donors (Lipinski definition) is 0. The molecule has 7 nitrogen and oxygen atoms in total. The number of piperazine rings is 1. The Labute approximate surface area is 176 Å². The number of carbonyl (C=O) groups is 2. The predicted octanol–water partition coefficient (Wildman–Crippen LogP) is 2.20. The first-order valence-electron chi connectivity index (χ1n) is 9.45. The molecule has 0 unspecified atom stereocenters. The van der Waals surface area contributed by atoms with Gasteiger partial charge >= 0.3 is 6.18 Å². The summed E-state index contributed by atoms with van der Waals surface area (Å²) in [6.45, 7) is 0.357. The van der Waals surface area contributed by atoms with Crippen molar-refractivity contribution in [1.29, 1.82) is 0 Å². The summed E-state index contributed by atoms with van der Waals surface area (Å²) in [4.78, 5) is 28.1. The highest BCUT2D eigenvalue weighted by atomic mass is 32.2. The van der Waals surface area contributed by atoms with Crippen molar-refractivity contribution in [1.82, 2.24) is 9.21 Å². The van der Waals surface area contributed by atoms with Crippen molar-refractivity contribution >= 4 is 27.5 Å². The lowest BCUT2D eigenvalue weighted by Crippen LogP contribution is -2.51.